The first-order chi connectivity index (χ1) is 12.2. The number of amides is 2. The van der Waals surface area contributed by atoms with Crippen LogP contribution in [0.2, 0.25) is 0 Å². The van der Waals surface area contributed by atoms with Gasteiger partial charge in [-0.25, -0.2) is 4.98 Å². The Morgan fingerprint density at radius 1 is 1.38 bits per heavy atom. The molecule has 1 fully saturated rings. The molecule has 1 unspecified atom stereocenters. The van der Waals surface area contributed by atoms with E-state index in [0.29, 0.717) is 19.5 Å². The number of hydrogen-bond donors (Lipinski definition) is 0. The molecule has 1 saturated heterocycles. The molecule has 26 heavy (non-hydrogen) atoms. The van der Waals surface area contributed by atoms with Gasteiger partial charge in [0, 0.05) is 37.3 Å². The molecule has 6 nitrogen and oxygen atoms in total. The van der Waals surface area contributed by atoms with E-state index in [1.54, 1.807) is 4.90 Å². The maximum atomic E-state index is 13.0. The van der Waals surface area contributed by atoms with Crippen LogP contribution in [0.3, 0.4) is 0 Å². The van der Waals surface area contributed by atoms with Crippen LogP contribution in [0.5, 0.6) is 5.88 Å². The van der Waals surface area contributed by atoms with Crippen molar-refractivity contribution in [2.75, 3.05) is 26.7 Å². The average molecular weight is 371 g/mol. The highest BCUT2D eigenvalue weighted by Gasteiger charge is 2.36. The van der Waals surface area contributed by atoms with Gasteiger partial charge in [-0.3, -0.25) is 9.59 Å². The lowest BCUT2D eigenvalue weighted by molar-refractivity contribution is -0.141. The van der Waals surface area contributed by atoms with Gasteiger partial charge in [-0.1, -0.05) is 13.5 Å². The predicted octanol–water partition coefficient (Wildman–Crippen LogP) is 2.36. The SMILES string of the molecule is C=CC(=O)N1CCN(C(=O)c2cc(OC)nc(C(F)(F)F)c2)C(CC)C1. The third-order valence-electron chi connectivity index (χ3n) is 4.25. The van der Waals surface area contributed by atoms with Crippen molar-refractivity contribution in [3.05, 3.63) is 36.0 Å². The van der Waals surface area contributed by atoms with E-state index in [2.05, 4.69) is 11.6 Å². The number of ether oxygens (including phenoxy) is 1. The summed E-state index contributed by atoms with van der Waals surface area (Å²) in [4.78, 5) is 31.0. The van der Waals surface area contributed by atoms with Gasteiger partial charge >= 0.3 is 6.18 Å². The van der Waals surface area contributed by atoms with Crippen molar-refractivity contribution < 1.29 is 27.5 Å². The third kappa shape index (κ3) is 4.14. The highest BCUT2D eigenvalue weighted by molar-refractivity contribution is 5.95. The highest BCUT2D eigenvalue weighted by Crippen LogP contribution is 2.30. The van der Waals surface area contributed by atoms with Gasteiger partial charge in [0.25, 0.3) is 5.91 Å². The standard InChI is InChI=1S/C17H20F3N3O3/c1-4-12-10-22(15(24)5-2)6-7-23(12)16(25)11-8-13(17(18,19)20)21-14(9-11)26-3/h5,8-9,12H,2,4,6-7,10H2,1,3H3. The van der Waals surface area contributed by atoms with Crippen LogP contribution < -0.4 is 4.74 Å². The molecule has 2 amide bonds. The van der Waals surface area contributed by atoms with Gasteiger partial charge in [0.1, 0.15) is 5.69 Å². The fourth-order valence-corrected chi connectivity index (χ4v) is 2.85. The molecular formula is C17H20F3N3O3. The molecule has 0 saturated carbocycles. The van der Waals surface area contributed by atoms with E-state index in [1.165, 1.54) is 24.2 Å². The Morgan fingerprint density at radius 2 is 2.08 bits per heavy atom. The van der Waals surface area contributed by atoms with Crippen LogP contribution in [-0.2, 0) is 11.0 Å². The maximum Gasteiger partial charge on any atom is 0.433 e. The molecule has 142 valence electrons. The number of pyridine rings is 1. The summed E-state index contributed by atoms with van der Waals surface area (Å²) in [6.45, 7) is 6.11. The van der Waals surface area contributed by atoms with Crippen molar-refractivity contribution in [1.29, 1.82) is 0 Å². The summed E-state index contributed by atoms with van der Waals surface area (Å²) in [6, 6.07) is 1.61. The topological polar surface area (TPSA) is 62.7 Å². The second-order valence-corrected chi connectivity index (χ2v) is 5.83. The summed E-state index contributed by atoms with van der Waals surface area (Å²) >= 11 is 0. The molecule has 0 radical (unpaired) electrons. The van der Waals surface area contributed by atoms with Crippen molar-refractivity contribution in [3.63, 3.8) is 0 Å². The molecule has 0 bridgehead atoms. The molecule has 1 aromatic heterocycles. The zero-order chi connectivity index (χ0) is 19.5. The molecule has 0 N–H and O–H groups in total. The zero-order valence-corrected chi connectivity index (χ0v) is 14.5. The van der Waals surface area contributed by atoms with E-state index in [4.69, 9.17) is 4.74 Å². The molecular weight excluding hydrogens is 351 g/mol. The number of hydrogen-bond acceptors (Lipinski definition) is 4. The largest absolute Gasteiger partial charge is 0.481 e. The van der Waals surface area contributed by atoms with E-state index in [0.717, 1.165) is 6.07 Å². The summed E-state index contributed by atoms with van der Waals surface area (Å²) in [5.74, 6) is -1.06. The monoisotopic (exact) mass is 371 g/mol. The van der Waals surface area contributed by atoms with E-state index < -0.39 is 17.8 Å². The molecule has 1 aromatic rings. The number of piperazine rings is 1. The number of aromatic nitrogens is 1. The van der Waals surface area contributed by atoms with Crippen LogP contribution in [0.25, 0.3) is 0 Å². The molecule has 0 spiro atoms. The van der Waals surface area contributed by atoms with E-state index in [9.17, 15) is 22.8 Å². The zero-order valence-electron chi connectivity index (χ0n) is 14.5. The van der Waals surface area contributed by atoms with Gasteiger partial charge in [0.15, 0.2) is 0 Å². The van der Waals surface area contributed by atoms with Crippen LogP contribution in [0.4, 0.5) is 13.2 Å². The fourth-order valence-electron chi connectivity index (χ4n) is 2.85. The van der Waals surface area contributed by atoms with Gasteiger partial charge in [-0.2, -0.15) is 13.2 Å². The summed E-state index contributed by atoms with van der Waals surface area (Å²) in [5.41, 5.74) is -1.33. The Labute approximate surface area is 149 Å². The third-order valence-corrected chi connectivity index (χ3v) is 4.25. The average Bonchev–Trinajstić information content (AvgIpc) is 2.64. The van der Waals surface area contributed by atoms with Gasteiger partial charge in [0.2, 0.25) is 11.8 Å². The molecule has 0 aliphatic carbocycles. The van der Waals surface area contributed by atoms with E-state index in [-0.39, 0.29) is 29.9 Å². The number of methoxy groups -OCH3 is 1. The number of carbonyl (C=O) groups excluding carboxylic acids is 2. The number of nitrogens with zero attached hydrogens (tertiary/aromatic N) is 3. The second-order valence-electron chi connectivity index (χ2n) is 5.83. The summed E-state index contributed by atoms with van der Waals surface area (Å²) in [6.07, 6.45) is -2.93. The Bertz CT molecular complexity index is 706. The van der Waals surface area contributed by atoms with Crippen molar-refractivity contribution in [2.45, 2.75) is 25.6 Å². The van der Waals surface area contributed by atoms with Gasteiger partial charge in [0.05, 0.1) is 7.11 Å². The predicted molar refractivity (Wildman–Crippen MR) is 87.7 cm³/mol. The minimum atomic E-state index is -4.69. The lowest BCUT2D eigenvalue weighted by Crippen LogP contribution is -2.56. The van der Waals surface area contributed by atoms with Gasteiger partial charge in [-0.15, -0.1) is 0 Å². The Kier molecular flexibility index (Phi) is 5.89. The van der Waals surface area contributed by atoms with Crippen molar-refractivity contribution in [1.82, 2.24) is 14.8 Å². The molecule has 9 heteroatoms. The number of alkyl halides is 3. The number of carbonyl (C=O) groups is 2. The quantitative estimate of drug-likeness (QED) is 0.763. The van der Waals surface area contributed by atoms with Crippen molar-refractivity contribution in [2.24, 2.45) is 0 Å². The lowest BCUT2D eigenvalue weighted by atomic mass is 10.1. The van der Waals surface area contributed by atoms with Crippen LogP contribution in [-0.4, -0.2) is 59.4 Å². The van der Waals surface area contributed by atoms with Crippen LogP contribution >= 0.6 is 0 Å². The van der Waals surface area contributed by atoms with Crippen molar-refractivity contribution in [3.8, 4) is 5.88 Å². The normalized spacial score (nSPS) is 17.8. The first-order valence-electron chi connectivity index (χ1n) is 8.06. The molecule has 0 aromatic carbocycles. The lowest BCUT2D eigenvalue weighted by Gasteiger charge is -2.41. The van der Waals surface area contributed by atoms with Crippen LogP contribution in [0.15, 0.2) is 24.8 Å². The Morgan fingerprint density at radius 3 is 2.62 bits per heavy atom. The number of halogens is 3. The molecule has 2 heterocycles. The smallest absolute Gasteiger partial charge is 0.433 e. The summed E-state index contributed by atoms with van der Waals surface area (Å²) in [7, 11) is 1.19. The first kappa shape index (κ1) is 19.7. The van der Waals surface area contributed by atoms with Gasteiger partial charge < -0.3 is 14.5 Å². The Hall–Kier alpha value is -2.58. The minimum Gasteiger partial charge on any atom is -0.481 e. The second kappa shape index (κ2) is 7.76. The minimum absolute atomic E-state index is 0.147. The van der Waals surface area contributed by atoms with E-state index >= 15 is 0 Å². The Balaban J connectivity index is 2.30. The van der Waals surface area contributed by atoms with Crippen LogP contribution in [0.1, 0.15) is 29.4 Å². The first-order valence-corrected chi connectivity index (χ1v) is 8.06. The summed E-state index contributed by atoms with van der Waals surface area (Å²) in [5, 5.41) is 0. The van der Waals surface area contributed by atoms with Crippen LogP contribution in [0, 0.1) is 0 Å². The van der Waals surface area contributed by atoms with Gasteiger partial charge in [-0.05, 0) is 18.6 Å². The summed E-state index contributed by atoms with van der Waals surface area (Å²) < 4.78 is 43.8. The molecule has 1 aliphatic rings. The fraction of sp³-hybridized carbons (Fsp3) is 0.471. The highest BCUT2D eigenvalue weighted by atomic mass is 19.4. The van der Waals surface area contributed by atoms with E-state index in [1.807, 2.05) is 6.92 Å². The molecule has 1 atom stereocenters. The molecule has 2 rings (SSSR count). The number of rotatable bonds is 4. The molecule has 1 aliphatic heterocycles. The van der Waals surface area contributed by atoms with Crippen molar-refractivity contribution >= 4 is 11.8 Å². The maximum absolute atomic E-state index is 13.0.